The van der Waals surface area contributed by atoms with Gasteiger partial charge in [-0.1, -0.05) is 19.9 Å². The third-order valence-corrected chi connectivity index (χ3v) is 4.28. The quantitative estimate of drug-likeness (QED) is 0.278. The molecule has 2 unspecified atom stereocenters. The molecular weight excluding hydrogens is 455 g/mol. The standard InChI is InChI=1S/C20H32N4O2.HI/c1-5-21-20(24-13-15(2)11-16(3)14-24)22-9-10-26-19-8-6-7-18(12-19)23-17(4)25;/h6-8,12,15-16H,5,9-11,13-14H2,1-4H3,(H,21,22)(H,23,25);1H. The van der Waals surface area contributed by atoms with Crippen molar-refractivity contribution in [3.8, 4) is 5.75 Å². The van der Waals surface area contributed by atoms with Crippen molar-refractivity contribution in [3.05, 3.63) is 24.3 Å². The van der Waals surface area contributed by atoms with Crippen LogP contribution in [0.15, 0.2) is 29.3 Å². The third-order valence-electron chi connectivity index (χ3n) is 4.28. The lowest BCUT2D eigenvalue weighted by Crippen LogP contribution is -2.48. The molecular formula is C20H33IN4O2. The van der Waals surface area contributed by atoms with E-state index in [4.69, 9.17) is 9.73 Å². The lowest BCUT2D eigenvalue weighted by atomic mass is 9.92. The van der Waals surface area contributed by atoms with Gasteiger partial charge in [0.1, 0.15) is 12.4 Å². The topological polar surface area (TPSA) is 66.0 Å². The molecule has 2 atom stereocenters. The minimum absolute atomic E-state index is 0. The Balaban J connectivity index is 0.00000364. The number of hydrogen-bond acceptors (Lipinski definition) is 3. The summed E-state index contributed by atoms with van der Waals surface area (Å²) in [5, 5.41) is 6.15. The van der Waals surface area contributed by atoms with E-state index in [1.165, 1.54) is 13.3 Å². The smallest absolute Gasteiger partial charge is 0.221 e. The first kappa shape index (κ1) is 23.5. The van der Waals surface area contributed by atoms with Gasteiger partial charge in [-0.2, -0.15) is 0 Å². The number of anilines is 1. The van der Waals surface area contributed by atoms with Crippen molar-refractivity contribution in [2.45, 2.75) is 34.1 Å². The number of carbonyl (C=O) groups excluding carboxylic acids is 1. The first-order valence-electron chi connectivity index (χ1n) is 9.51. The van der Waals surface area contributed by atoms with Crippen molar-refractivity contribution >= 4 is 41.5 Å². The number of guanidine groups is 1. The molecule has 2 N–H and O–H groups in total. The van der Waals surface area contributed by atoms with Gasteiger partial charge in [0.25, 0.3) is 0 Å². The average Bonchev–Trinajstić information content (AvgIpc) is 2.56. The molecule has 1 aliphatic rings. The van der Waals surface area contributed by atoms with E-state index in [0.29, 0.717) is 25.0 Å². The van der Waals surface area contributed by atoms with Crippen LogP contribution in [0.5, 0.6) is 5.75 Å². The van der Waals surface area contributed by atoms with E-state index < -0.39 is 0 Å². The van der Waals surface area contributed by atoms with Crippen molar-refractivity contribution in [2.75, 3.05) is 38.1 Å². The summed E-state index contributed by atoms with van der Waals surface area (Å²) in [4.78, 5) is 18.2. The van der Waals surface area contributed by atoms with Crippen molar-refractivity contribution in [1.82, 2.24) is 10.2 Å². The van der Waals surface area contributed by atoms with E-state index in [0.717, 1.165) is 37.0 Å². The predicted octanol–water partition coefficient (Wildman–Crippen LogP) is 3.59. The van der Waals surface area contributed by atoms with E-state index in [9.17, 15) is 4.79 Å². The Bertz CT molecular complexity index is 614. The Labute approximate surface area is 180 Å². The van der Waals surface area contributed by atoms with Gasteiger partial charge in [0, 0.05) is 38.3 Å². The molecule has 2 rings (SSSR count). The number of carbonyl (C=O) groups is 1. The molecule has 1 saturated heterocycles. The summed E-state index contributed by atoms with van der Waals surface area (Å²) in [6, 6.07) is 7.41. The van der Waals surface area contributed by atoms with Gasteiger partial charge in [-0.05, 0) is 37.3 Å². The van der Waals surface area contributed by atoms with Crippen molar-refractivity contribution in [2.24, 2.45) is 16.8 Å². The maximum Gasteiger partial charge on any atom is 0.221 e. The Morgan fingerprint density at radius 1 is 1.30 bits per heavy atom. The van der Waals surface area contributed by atoms with Crippen LogP contribution in [0.2, 0.25) is 0 Å². The highest BCUT2D eigenvalue weighted by molar-refractivity contribution is 14.0. The molecule has 0 saturated carbocycles. The molecule has 0 aromatic heterocycles. The lowest BCUT2D eigenvalue weighted by molar-refractivity contribution is -0.114. The Kier molecular flexibility index (Phi) is 10.5. The Morgan fingerprint density at radius 3 is 2.63 bits per heavy atom. The number of amides is 1. The number of halogens is 1. The lowest BCUT2D eigenvalue weighted by Gasteiger charge is -2.37. The number of nitrogens with zero attached hydrogens (tertiary/aromatic N) is 2. The van der Waals surface area contributed by atoms with Crippen LogP contribution in [-0.4, -0.2) is 49.6 Å². The number of aliphatic imine (C=N–C) groups is 1. The highest BCUT2D eigenvalue weighted by Gasteiger charge is 2.23. The van der Waals surface area contributed by atoms with Gasteiger partial charge in [0.15, 0.2) is 5.96 Å². The summed E-state index contributed by atoms with van der Waals surface area (Å²) < 4.78 is 5.78. The van der Waals surface area contributed by atoms with Crippen LogP contribution in [0.3, 0.4) is 0 Å². The zero-order valence-electron chi connectivity index (χ0n) is 16.8. The van der Waals surface area contributed by atoms with Gasteiger partial charge in [-0.15, -0.1) is 24.0 Å². The van der Waals surface area contributed by atoms with Crippen LogP contribution in [-0.2, 0) is 4.79 Å². The number of rotatable bonds is 6. The zero-order valence-corrected chi connectivity index (χ0v) is 19.2. The highest BCUT2D eigenvalue weighted by Crippen LogP contribution is 2.21. The van der Waals surface area contributed by atoms with Gasteiger partial charge < -0.3 is 20.3 Å². The summed E-state index contributed by atoms with van der Waals surface area (Å²) >= 11 is 0. The van der Waals surface area contributed by atoms with E-state index in [1.54, 1.807) is 0 Å². The molecule has 152 valence electrons. The maximum atomic E-state index is 11.1. The molecule has 1 fully saturated rings. The van der Waals surface area contributed by atoms with Crippen LogP contribution in [0.4, 0.5) is 5.69 Å². The molecule has 0 radical (unpaired) electrons. The third kappa shape index (κ3) is 8.36. The van der Waals surface area contributed by atoms with Gasteiger partial charge in [-0.3, -0.25) is 4.79 Å². The molecule has 6 nitrogen and oxygen atoms in total. The fourth-order valence-electron chi connectivity index (χ4n) is 3.44. The van der Waals surface area contributed by atoms with Crippen LogP contribution < -0.4 is 15.4 Å². The fraction of sp³-hybridized carbons (Fsp3) is 0.600. The molecule has 1 amide bonds. The average molecular weight is 488 g/mol. The summed E-state index contributed by atoms with van der Waals surface area (Å²) in [6.07, 6.45) is 1.28. The number of likely N-dealkylation sites (tertiary alicyclic amines) is 1. The number of benzene rings is 1. The summed E-state index contributed by atoms with van der Waals surface area (Å²) in [7, 11) is 0. The van der Waals surface area contributed by atoms with Crippen LogP contribution >= 0.6 is 24.0 Å². The summed E-state index contributed by atoms with van der Waals surface area (Å²) in [5.41, 5.74) is 0.739. The van der Waals surface area contributed by atoms with Crippen LogP contribution in [0.25, 0.3) is 0 Å². The van der Waals surface area contributed by atoms with E-state index >= 15 is 0 Å². The molecule has 0 spiro atoms. The minimum atomic E-state index is -0.0907. The minimum Gasteiger partial charge on any atom is -0.492 e. The highest BCUT2D eigenvalue weighted by atomic mass is 127. The molecule has 0 aliphatic carbocycles. The second kappa shape index (κ2) is 12.0. The summed E-state index contributed by atoms with van der Waals surface area (Å²) in [5.74, 6) is 3.00. The molecule has 7 heteroatoms. The van der Waals surface area contributed by atoms with Crippen LogP contribution in [0.1, 0.15) is 34.1 Å². The van der Waals surface area contributed by atoms with Crippen LogP contribution in [0, 0.1) is 11.8 Å². The van der Waals surface area contributed by atoms with Crippen molar-refractivity contribution < 1.29 is 9.53 Å². The maximum absolute atomic E-state index is 11.1. The monoisotopic (exact) mass is 488 g/mol. The van der Waals surface area contributed by atoms with E-state index in [-0.39, 0.29) is 29.9 Å². The molecule has 27 heavy (non-hydrogen) atoms. The second-order valence-electron chi connectivity index (χ2n) is 7.14. The number of piperidine rings is 1. The normalized spacial score (nSPS) is 19.9. The zero-order chi connectivity index (χ0) is 18.9. The second-order valence-corrected chi connectivity index (χ2v) is 7.14. The SMILES string of the molecule is CCNC(=NCCOc1cccc(NC(C)=O)c1)N1CC(C)CC(C)C1.I. The first-order valence-corrected chi connectivity index (χ1v) is 9.51. The summed E-state index contributed by atoms with van der Waals surface area (Å²) in [6.45, 7) is 12.2. The Hall–Kier alpha value is -1.51. The van der Waals surface area contributed by atoms with Gasteiger partial charge in [0.2, 0.25) is 5.91 Å². The fourth-order valence-corrected chi connectivity index (χ4v) is 3.44. The van der Waals surface area contributed by atoms with Gasteiger partial charge in [0.05, 0.1) is 6.54 Å². The molecule has 1 aliphatic heterocycles. The van der Waals surface area contributed by atoms with E-state index in [1.807, 2.05) is 24.3 Å². The molecule has 1 aromatic carbocycles. The predicted molar refractivity (Wildman–Crippen MR) is 122 cm³/mol. The number of ether oxygens (including phenoxy) is 1. The number of hydrogen-bond donors (Lipinski definition) is 2. The van der Waals surface area contributed by atoms with Gasteiger partial charge in [-0.25, -0.2) is 4.99 Å². The van der Waals surface area contributed by atoms with Gasteiger partial charge >= 0.3 is 0 Å². The first-order chi connectivity index (χ1) is 12.5. The Morgan fingerprint density at radius 2 is 2.00 bits per heavy atom. The number of nitrogens with one attached hydrogen (secondary N) is 2. The molecule has 0 bridgehead atoms. The van der Waals surface area contributed by atoms with Crippen molar-refractivity contribution in [1.29, 1.82) is 0 Å². The van der Waals surface area contributed by atoms with E-state index in [2.05, 4.69) is 36.3 Å². The van der Waals surface area contributed by atoms with Crippen molar-refractivity contribution in [3.63, 3.8) is 0 Å². The largest absolute Gasteiger partial charge is 0.492 e. The molecule has 1 aromatic rings. The molecule has 1 heterocycles.